The molecule has 0 aliphatic heterocycles. The van der Waals surface area contributed by atoms with Crippen molar-refractivity contribution in [3.05, 3.63) is 18.2 Å². The zero-order chi connectivity index (χ0) is 12.1. The second-order valence-corrected chi connectivity index (χ2v) is 5.77. The minimum Gasteiger partial charge on any atom is -0.369 e. The first-order valence-corrected chi connectivity index (χ1v) is 7.23. The Bertz CT molecular complexity index is 363. The monoisotopic (exact) mass is 252 g/mol. The lowest BCUT2D eigenvalue weighted by Gasteiger charge is -2.27. The first kappa shape index (κ1) is 12.5. The molecule has 0 amide bonds. The van der Waals surface area contributed by atoms with E-state index in [-0.39, 0.29) is 0 Å². The van der Waals surface area contributed by atoms with Crippen molar-refractivity contribution in [1.82, 2.24) is 4.98 Å². The Hall–Kier alpha value is -0.940. The average molecular weight is 252 g/mol. The second kappa shape index (κ2) is 5.60. The maximum atomic E-state index is 5.34. The highest BCUT2D eigenvalue weighted by Crippen LogP contribution is 2.40. The molecule has 0 saturated heterocycles. The summed E-state index contributed by atoms with van der Waals surface area (Å²) in [7, 11) is 0. The van der Waals surface area contributed by atoms with E-state index in [0.29, 0.717) is 10.6 Å². The van der Waals surface area contributed by atoms with Crippen molar-refractivity contribution in [3.8, 4) is 0 Å². The van der Waals surface area contributed by atoms with Gasteiger partial charge in [-0.3, -0.25) is 0 Å². The van der Waals surface area contributed by atoms with Crippen LogP contribution in [0.2, 0.25) is 0 Å². The quantitative estimate of drug-likeness (QED) is 0.555. The van der Waals surface area contributed by atoms with Gasteiger partial charge >= 0.3 is 0 Å². The van der Waals surface area contributed by atoms with Gasteiger partial charge in [-0.15, -0.1) is 0 Å². The number of nitrogens with zero attached hydrogens (tertiary/aromatic N) is 1. The number of nitrogens with one attached hydrogen (secondary N) is 2. The van der Waals surface area contributed by atoms with Crippen molar-refractivity contribution >= 4 is 23.4 Å². The molecule has 0 bridgehead atoms. The van der Waals surface area contributed by atoms with Crippen LogP contribution in [-0.4, -0.2) is 22.5 Å². The molecule has 1 fully saturated rings. The van der Waals surface area contributed by atoms with Crippen LogP contribution in [0.5, 0.6) is 0 Å². The summed E-state index contributed by atoms with van der Waals surface area (Å²) in [5.41, 5.74) is 2.56. The molecule has 1 heterocycles. The van der Waals surface area contributed by atoms with E-state index in [9.17, 15) is 0 Å². The van der Waals surface area contributed by atoms with Crippen molar-refractivity contribution in [2.75, 3.05) is 23.5 Å². The Morgan fingerprint density at radius 1 is 1.35 bits per heavy atom. The molecule has 0 unspecified atom stereocenters. The summed E-state index contributed by atoms with van der Waals surface area (Å²) in [6.07, 6.45) is 7.50. The van der Waals surface area contributed by atoms with E-state index in [0.717, 1.165) is 12.4 Å². The number of hydrazine groups is 1. The summed E-state index contributed by atoms with van der Waals surface area (Å²) in [5, 5.41) is 3.43. The third-order valence-electron chi connectivity index (χ3n) is 3.44. The van der Waals surface area contributed by atoms with Crippen LogP contribution in [0, 0.1) is 0 Å². The lowest BCUT2D eigenvalue weighted by atomic mass is 10.1. The van der Waals surface area contributed by atoms with Crippen LogP contribution in [0.25, 0.3) is 0 Å². The maximum absolute atomic E-state index is 5.34. The second-order valence-electron chi connectivity index (χ2n) is 4.50. The molecule has 1 aromatic heterocycles. The molecule has 2 rings (SSSR count). The third-order valence-corrected chi connectivity index (χ3v) is 4.86. The van der Waals surface area contributed by atoms with Gasteiger partial charge in [-0.1, -0.05) is 18.9 Å². The molecule has 1 aliphatic rings. The zero-order valence-electron chi connectivity index (χ0n) is 10.2. The van der Waals surface area contributed by atoms with Crippen LogP contribution in [0.3, 0.4) is 0 Å². The molecule has 94 valence electrons. The molecular weight excluding hydrogens is 232 g/mol. The largest absolute Gasteiger partial charge is 0.369 e. The molecule has 0 spiro atoms. The fourth-order valence-electron chi connectivity index (χ4n) is 2.34. The number of rotatable bonds is 5. The van der Waals surface area contributed by atoms with Crippen molar-refractivity contribution in [1.29, 1.82) is 0 Å². The number of thioether (sulfide) groups is 1. The fraction of sp³-hybridized carbons (Fsp3) is 0.583. The van der Waals surface area contributed by atoms with Gasteiger partial charge in [-0.25, -0.2) is 10.8 Å². The Kier molecular flexibility index (Phi) is 4.12. The number of hydrogen-bond acceptors (Lipinski definition) is 5. The lowest BCUT2D eigenvalue weighted by molar-refractivity contribution is 0.639. The SMILES string of the molecule is CSC1(CNc2cccc(NN)n2)CCCC1. The Labute approximate surface area is 107 Å². The normalized spacial score (nSPS) is 18.0. The first-order chi connectivity index (χ1) is 8.28. The van der Waals surface area contributed by atoms with E-state index < -0.39 is 0 Å². The molecular formula is C12H20N4S. The molecule has 0 radical (unpaired) electrons. The van der Waals surface area contributed by atoms with Crippen molar-refractivity contribution in [2.45, 2.75) is 30.4 Å². The fourth-order valence-corrected chi connectivity index (χ4v) is 3.25. The summed E-state index contributed by atoms with van der Waals surface area (Å²) >= 11 is 1.98. The summed E-state index contributed by atoms with van der Waals surface area (Å²) in [4.78, 5) is 4.36. The standard InChI is InChI=1S/C12H20N4S/c1-17-12(7-2-3-8-12)9-14-10-5-4-6-11(15-10)16-13/h4-6H,2-3,7-9,13H2,1H3,(H2,14,15,16). The predicted octanol–water partition coefficient (Wildman–Crippen LogP) is 2.45. The number of nitrogens with two attached hydrogens (primary N) is 1. The lowest BCUT2D eigenvalue weighted by Crippen LogP contribution is -2.30. The van der Waals surface area contributed by atoms with Gasteiger partial charge in [0.2, 0.25) is 0 Å². The number of aromatic nitrogens is 1. The van der Waals surface area contributed by atoms with Crippen LogP contribution >= 0.6 is 11.8 Å². The molecule has 17 heavy (non-hydrogen) atoms. The molecule has 4 N–H and O–H groups in total. The topological polar surface area (TPSA) is 63.0 Å². The van der Waals surface area contributed by atoms with E-state index in [1.165, 1.54) is 25.7 Å². The zero-order valence-corrected chi connectivity index (χ0v) is 11.0. The predicted molar refractivity (Wildman–Crippen MR) is 75.3 cm³/mol. The van der Waals surface area contributed by atoms with Gasteiger partial charge in [0, 0.05) is 11.3 Å². The average Bonchev–Trinajstić information content (AvgIpc) is 2.86. The highest BCUT2D eigenvalue weighted by atomic mass is 32.2. The molecule has 5 heteroatoms. The van der Waals surface area contributed by atoms with Gasteiger partial charge in [0.25, 0.3) is 0 Å². The van der Waals surface area contributed by atoms with Gasteiger partial charge in [-0.2, -0.15) is 11.8 Å². The molecule has 1 saturated carbocycles. The minimum atomic E-state index is 0.397. The van der Waals surface area contributed by atoms with E-state index in [2.05, 4.69) is 22.0 Å². The summed E-state index contributed by atoms with van der Waals surface area (Å²) in [5.74, 6) is 6.93. The van der Waals surface area contributed by atoms with E-state index in [1.807, 2.05) is 30.0 Å². The highest BCUT2D eigenvalue weighted by Gasteiger charge is 2.32. The number of anilines is 2. The van der Waals surface area contributed by atoms with Crippen LogP contribution in [0.1, 0.15) is 25.7 Å². The maximum Gasteiger partial charge on any atom is 0.142 e. The van der Waals surface area contributed by atoms with Crippen molar-refractivity contribution in [3.63, 3.8) is 0 Å². The summed E-state index contributed by atoms with van der Waals surface area (Å²) < 4.78 is 0.397. The first-order valence-electron chi connectivity index (χ1n) is 6.01. The van der Waals surface area contributed by atoms with Crippen LogP contribution in [0.15, 0.2) is 18.2 Å². The summed E-state index contributed by atoms with van der Waals surface area (Å²) in [6.45, 7) is 0.981. The molecule has 4 nitrogen and oxygen atoms in total. The number of hydrogen-bond donors (Lipinski definition) is 3. The van der Waals surface area contributed by atoms with Gasteiger partial charge in [0.15, 0.2) is 0 Å². The Morgan fingerprint density at radius 3 is 2.71 bits per heavy atom. The van der Waals surface area contributed by atoms with Gasteiger partial charge in [0.1, 0.15) is 11.6 Å². The van der Waals surface area contributed by atoms with E-state index >= 15 is 0 Å². The summed E-state index contributed by atoms with van der Waals surface area (Å²) in [6, 6.07) is 5.78. The number of pyridine rings is 1. The molecule has 0 atom stereocenters. The van der Waals surface area contributed by atoms with E-state index in [1.54, 1.807) is 0 Å². The molecule has 0 aromatic carbocycles. The van der Waals surface area contributed by atoms with Gasteiger partial charge < -0.3 is 10.7 Å². The Balaban J connectivity index is 1.96. The van der Waals surface area contributed by atoms with E-state index in [4.69, 9.17) is 5.84 Å². The molecule has 1 aliphatic carbocycles. The minimum absolute atomic E-state index is 0.397. The molecule has 1 aromatic rings. The van der Waals surface area contributed by atoms with Gasteiger partial charge in [-0.05, 0) is 31.2 Å². The number of nitrogen functional groups attached to an aromatic ring is 1. The van der Waals surface area contributed by atoms with Gasteiger partial charge in [0.05, 0.1) is 0 Å². The van der Waals surface area contributed by atoms with Crippen LogP contribution in [0.4, 0.5) is 11.6 Å². The van der Waals surface area contributed by atoms with Crippen molar-refractivity contribution < 1.29 is 0 Å². The van der Waals surface area contributed by atoms with Crippen LogP contribution < -0.4 is 16.6 Å². The van der Waals surface area contributed by atoms with Crippen LogP contribution in [-0.2, 0) is 0 Å². The smallest absolute Gasteiger partial charge is 0.142 e. The Morgan fingerprint density at radius 2 is 2.06 bits per heavy atom. The highest BCUT2D eigenvalue weighted by molar-refractivity contribution is 8.00. The third kappa shape index (κ3) is 3.04. The van der Waals surface area contributed by atoms with Crippen molar-refractivity contribution in [2.24, 2.45) is 5.84 Å².